The Hall–Kier alpha value is -6.80. The van der Waals surface area contributed by atoms with E-state index in [-0.39, 0.29) is 35.7 Å². The standard InChI is InChI=1S/C29H24N2O2.C19H20N2O2/c32-26-17-9-7-16-25(26)20-31-21-33-27-18-10-8-15-24(27)19-30-28(22-11-3-1-4-12-22)29(31)23-13-5-2-6-14-23;1-14-15(2)21(12-17-8-3-5-9-18(17)22)13-23-19-10-6-4-7-16(19)11-20-14/h1-20,28-29H,21H2;3-12,14-15H,13H2,1-2H3/p+2. The van der Waals surface area contributed by atoms with Crippen LogP contribution in [0.1, 0.15) is 59.3 Å². The summed E-state index contributed by atoms with van der Waals surface area (Å²) in [6.45, 7) is 4.90. The zero-order valence-electron chi connectivity index (χ0n) is 31.5. The highest BCUT2D eigenvalue weighted by molar-refractivity contribution is 5.84. The van der Waals surface area contributed by atoms with Crippen LogP contribution in [0.2, 0.25) is 0 Å². The number of hydrogen-bond donors (Lipinski definition) is 2. The Morgan fingerprint density at radius 3 is 1.54 bits per heavy atom. The van der Waals surface area contributed by atoms with Crippen LogP contribution in [0, 0.1) is 0 Å². The lowest BCUT2D eigenvalue weighted by Crippen LogP contribution is -2.35. The van der Waals surface area contributed by atoms with E-state index in [2.05, 4.69) is 52.3 Å². The van der Waals surface area contributed by atoms with E-state index in [9.17, 15) is 10.2 Å². The van der Waals surface area contributed by atoms with Gasteiger partial charge in [-0.1, -0.05) is 109 Å². The first-order valence-corrected chi connectivity index (χ1v) is 18.8. The Morgan fingerprint density at radius 1 is 0.518 bits per heavy atom. The molecule has 2 aliphatic rings. The quantitative estimate of drug-likeness (QED) is 0.177. The number of phenolic OH excluding ortho intramolecular Hbond substituents is 2. The molecule has 4 unspecified atom stereocenters. The zero-order valence-corrected chi connectivity index (χ0v) is 31.5. The Bertz CT molecular complexity index is 2360. The van der Waals surface area contributed by atoms with Crippen molar-refractivity contribution in [3.8, 4) is 23.0 Å². The summed E-state index contributed by atoms with van der Waals surface area (Å²) in [6.07, 6.45) is 7.68. The highest BCUT2D eigenvalue weighted by Crippen LogP contribution is 2.37. The van der Waals surface area contributed by atoms with Gasteiger partial charge in [-0.15, -0.1) is 0 Å². The van der Waals surface area contributed by atoms with E-state index in [1.807, 2.05) is 146 Å². The highest BCUT2D eigenvalue weighted by Gasteiger charge is 2.35. The van der Waals surface area contributed by atoms with Crippen molar-refractivity contribution in [3.63, 3.8) is 0 Å². The van der Waals surface area contributed by atoms with Crippen molar-refractivity contribution in [2.45, 2.75) is 38.0 Å². The minimum absolute atomic E-state index is 0.104. The first-order chi connectivity index (χ1) is 27.4. The molecule has 6 aromatic carbocycles. The summed E-state index contributed by atoms with van der Waals surface area (Å²) in [5, 5.41) is 20.5. The molecule has 0 aromatic heterocycles. The van der Waals surface area contributed by atoms with Gasteiger partial charge in [-0.05, 0) is 67.9 Å². The van der Waals surface area contributed by atoms with Gasteiger partial charge in [0.05, 0.1) is 11.1 Å². The van der Waals surface area contributed by atoms with E-state index in [0.29, 0.717) is 13.5 Å². The fraction of sp³-hybridized carbons (Fsp3) is 0.167. The summed E-state index contributed by atoms with van der Waals surface area (Å²) in [5.74, 6) is 2.08. The maximum Gasteiger partial charge on any atom is 0.287 e. The number of aliphatic imine (C=N–C) groups is 2. The molecule has 0 saturated heterocycles. The number of rotatable bonds is 4. The third-order valence-electron chi connectivity index (χ3n) is 10.0. The van der Waals surface area contributed by atoms with Gasteiger partial charge in [-0.2, -0.15) is 9.15 Å². The second-order valence-corrected chi connectivity index (χ2v) is 13.8. The van der Waals surface area contributed by atoms with Crippen LogP contribution >= 0.6 is 0 Å². The molecule has 0 saturated carbocycles. The zero-order chi connectivity index (χ0) is 38.7. The molecule has 0 radical (unpaired) electrons. The summed E-state index contributed by atoms with van der Waals surface area (Å²) < 4.78 is 16.5. The molecule has 0 amide bonds. The normalized spacial score (nSPS) is 20.5. The van der Waals surface area contributed by atoms with Gasteiger partial charge in [0, 0.05) is 29.1 Å². The number of benzene rings is 6. The van der Waals surface area contributed by atoms with Gasteiger partial charge in [0.15, 0.2) is 18.5 Å². The second-order valence-electron chi connectivity index (χ2n) is 13.8. The number of aromatic hydroxyl groups is 2. The number of nitrogens with zero attached hydrogens (tertiary/aromatic N) is 4. The molecule has 6 aromatic rings. The van der Waals surface area contributed by atoms with Gasteiger partial charge in [-0.3, -0.25) is 9.98 Å². The van der Waals surface area contributed by atoms with Gasteiger partial charge >= 0.3 is 0 Å². The van der Waals surface area contributed by atoms with Crippen molar-refractivity contribution < 1.29 is 28.8 Å². The summed E-state index contributed by atoms with van der Waals surface area (Å²) in [6, 6.07) is 51.0. The minimum Gasteiger partial charge on any atom is -0.507 e. The van der Waals surface area contributed by atoms with E-state index < -0.39 is 0 Å². The van der Waals surface area contributed by atoms with Gasteiger partial charge in [0.1, 0.15) is 35.1 Å². The molecule has 0 bridgehead atoms. The Morgan fingerprint density at radius 2 is 0.964 bits per heavy atom. The molecule has 2 heterocycles. The van der Waals surface area contributed by atoms with Crippen molar-refractivity contribution in [1.82, 2.24) is 0 Å². The Labute approximate surface area is 328 Å². The van der Waals surface area contributed by atoms with E-state index >= 15 is 0 Å². The van der Waals surface area contributed by atoms with Crippen molar-refractivity contribution in [1.29, 1.82) is 0 Å². The van der Waals surface area contributed by atoms with Gasteiger partial charge < -0.3 is 19.7 Å². The third-order valence-corrected chi connectivity index (χ3v) is 10.0. The Kier molecular flexibility index (Phi) is 12.1. The SMILES string of the molecule is CC1N=Cc2ccccc2OC/[N+](=C\c2ccccc2O)C1C.Oc1ccccc1/C=[N+]1\COc2ccccc2C=NC(c2ccccc2)C1c1ccccc1. The molecule has 4 atom stereocenters. The van der Waals surface area contributed by atoms with Crippen molar-refractivity contribution in [2.75, 3.05) is 13.5 Å². The number of hydrogen-bond acceptors (Lipinski definition) is 6. The van der Waals surface area contributed by atoms with Crippen LogP contribution in [-0.4, -0.2) is 69.8 Å². The average Bonchev–Trinajstić information content (AvgIpc) is 3.35. The van der Waals surface area contributed by atoms with Crippen molar-refractivity contribution in [2.24, 2.45) is 9.98 Å². The Balaban J connectivity index is 0.000000183. The lowest BCUT2D eigenvalue weighted by Gasteiger charge is -2.23. The van der Waals surface area contributed by atoms with Crippen LogP contribution in [-0.2, 0) is 0 Å². The molecular weight excluding hydrogens is 697 g/mol. The van der Waals surface area contributed by atoms with Crippen LogP contribution in [0.4, 0.5) is 0 Å². The minimum atomic E-state index is -0.189. The summed E-state index contributed by atoms with van der Waals surface area (Å²) in [7, 11) is 0. The molecule has 0 fully saturated rings. The van der Waals surface area contributed by atoms with Crippen molar-refractivity contribution >= 4 is 24.9 Å². The smallest absolute Gasteiger partial charge is 0.287 e. The topological polar surface area (TPSA) is 89.7 Å². The molecule has 8 nitrogen and oxygen atoms in total. The molecule has 8 rings (SSSR count). The predicted octanol–water partition coefficient (Wildman–Crippen LogP) is 8.84. The monoisotopic (exact) mass is 742 g/mol. The largest absolute Gasteiger partial charge is 0.507 e. The molecule has 8 heteroatoms. The lowest BCUT2D eigenvalue weighted by molar-refractivity contribution is -0.598. The predicted molar refractivity (Wildman–Crippen MR) is 223 cm³/mol. The highest BCUT2D eigenvalue weighted by atomic mass is 16.5. The molecule has 2 aliphatic heterocycles. The lowest BCUT2D eigenvalue weighted by atomic mass is 9.93. The first-order valence-electron chi connectivity index (χ1n) is 18.8. The maximum atomic E-state index is 10.5. The maximum absolute atomic E-state index is 10.5. The van der Waals surface area contributed by atoms with Crippen LogP contribution in [0.15, 0.2) is 168 Å². The molecule has 280 valence electrons. The van der Waals surface area contributed by atoms with E-state index in [1.165, 1.54) is 0 Å². The van der Waals surface area contributed by atoms with E-state index in [1.54, 1.807) is 12.1 Å². The number of phenols is 2. The van der Waals surface area contributed by atoms with Crippen LogP contribution in [0.5, 0.6) is 23.0 Å². The molecular formula is C48H46N4O4+2. The summed E-state index contributed by atoms with van der Waals surface area (Å²) in [5.41, 5.74) is 5.64. The van der Waals surface area contributed by atoms with Crippen molar-refractivity contribution in [3.05, 3.63) is 191 Å². The number of ether oxygens (including phenoxy) is 2. The van der Waals surface area contributed by atoms with Crippen LogP contribution in [0.3, 0.4) is 0 Å². The average molecular weight is 743 g/mol. The molecule has 2 N–H and O–H groups in total. The van der Waals surface area contributed by atoms with Crippen LogP contribution in [0.25, 0.3) is 0 Å². The van der Waals surface area contributed by atoms with Gasteiger partial charge in [0.25, 0.3) is 13.5 Å². The van der Waals surface area contributed by atoms with Gasteiger partial charge in [0.2, 0.25) is 6.04 Å². The third kappa shape index (κ3) is 9.10. The van der Waals surface area contributed by atoms with E-state index in [4.69, 9.17) is 14.5 Å². The number of para-hydroxylation sites is 4. The van der Waals surface area contributed by atoms with Gasteiger partial charge in [-0.25, -0.2) is 0 Å². The molecule has 0 spiro atoms. The first kappa shape index (κ1) is 37.5. The second kappa shape index (κ2) is 18.0. The summed E-state index contributed by atoms with van der Waals surface area (Å²) >= 11 is 0. The summed E-state index contributed by atoms with van der Waals surface area (Å²) in [4.78, 5) is 9.75. The fourth-order valence-corrected chi connectivity index (χ4v) is 6.71. The number of fused-ring (bicyclic) bond motifs is 2. The van der Waals surface area contributed by atoms with E-state index in [0.717, 1.165) is 44.9 Å². The fourth-order valence-electron chi connectivity index (χ4n) is 6.71. The van der Waals surface area contributed by atoms with Crippen LogP contribution < -0.4 is 9.47 Å². The molecule has 56 heavy (non-hydrogen) atoms. The molecule has 0 aliphatic carbocycles.